The third-order valence-electron chi connectivity index (χ3n) is 4.62. The standard InChI is InChI=1S/C19H37N3O4/c1-4-6-8-9-10-14(3)19(26)22(13-18(24)25)17(23)12-16(21)15(20)11-7-5-2/h14-16H,4-13,20-21H2,1-3H3,(H,24,25)/t14?,15?,16-/m0/s1. The molecule has 0 saturated heterocycles. The first kappa shape index (κ1) is 24.5. The van der Waals surface area contributed by atoms with Gasteiger partial charge in [0.05, 0.1) is 0 Å². The summed E-state index contributed by atoms with van der Waals surface area (Å²) in [5.74, 6) is -2.60. The summed E-state index contributed by atoms with van der Waals surface area (Å²) < 4.78 is 0. The average molecular weight is 372 g/mol. The SMILES string of the molecule is CCCCCCC(C)C(=O)N(CC(=O)O)C(=O)C[C@H](N)C(N)CCCC. The van der Waals surface area contributed by atoms with Crippen molar-refractivity contribution < 1.29 is 19.5 Å². The third-order valence-corrected chi connectivity index (χ3v) is 4.62. The maximum absolute atomic E-state index is 12.6. The van der Waals surface area contributed by atoms with Crippen LogP contribution < -0.4 is 11.5 Å². The highest BCUT2D eigenvalue weighted by atomic mass is 16.4. The van der Waals surface area contributed by atoms with Crippen molar-refractivity contribution in [1.82, 2.24) is 4.90 Å². The van der Waals surface area contributed by atoms with Crippen LogP contribution in [0, 0.1) is 5.92 Å². The highest BCUT2D eigenvalue weighted by Crippen LogP contribution is 2.15. The van der Waals surface area contributed by atoms with Gasteiger partial charge < -0.3 is 16.6 Å². The second kappa shape index (κ2) is 13.7. The molecule has 26 heavy (non-hydrogen) atoms. The molecule has 0 spiro atoms. The lowest BCUT2D eigenvalue weighted by Crippen LogP contribution is -2.49. The first-order chi connectivity index (χ1) is 12.2. The molecule has 0 aromatic rings. The van der Waals surface area contributed by atoms with E-state index in [1.807, 2.05) is 6.92 Å². The van der Waals surface area contributed by atoms with Crippen LogP contribution in [0.3, 0.4) is 0 Å². The van der Waals surface area contributed by atoms with Gasteiger partial charge in [0.2, 0.25) is 11.8 Å². The lowest BCUT2D eigenvalue weighted by Gasteiger charge is -2.26. The van der Waals surface area contributed by atoms with E-state index in [0.29, 0.717) is 12.8 Å². The zero-order valence-electron chi connectivity index (χ0n) is 16.6. The Morgan fingerprint density at radius 1 is 0.923 bits per heavy atom. The van der Waals surface area contributed by atoms with E-state index in [9.17, 15) is 14.4 Å². The molecular weight excluding hydrogens is 334 g/mol. The maximum Gasteiger partial charge on any atom is 0.323 e. The molecule has 0 fully saturated rings. The minimum absolute atomic E-state index is 0.119. The second-order valence-corrected chi connectivity index (χ2v) is 7.14. The van der Waals surface area contributed by atoms with Crippen LogP contribution in [0.2, 0.25) is 0 Å². The Balaban J connectivity index is 4.81. The molecule has 0 aliphatic carbocycles. The second-order valence-electron chi connectivity index (χ2n) is 7.14. The molecule has 5 N–H and O–H groups in total. The van der Waals surface area contributed by atoms with E-state index in [2.05, 4.69) is 6.92 Å². The van der Waals surface area contributed by atoms with Gasteiger partial charge >= 0.3 is 5.97 Å². The van der Waals surface area contributed by atoms with Crippen LogP contribution in [0.4, 0.5) is 0 Å². The van der Waals surface area contributed by atoms with Crippen molar-refractivity contribution in [3.05, 3.63) is 0 Å². The van der Waals surface area contributed by atoms with E-state index in [1.54, 1.807) is 6.92 Å². The zero-order chi connectivity index (χ0) is 20.1. The van der Waals surface area contributed by atoms with E-state index < -0.39 is 30.4 Å². The zero-order valence-corrected chi connectivity index (χ0v) is 16.6. The fraction of sp³-hybridized carbons (Fsp3) is 0.842. The van der Waals surface area contributed by atoms with Gasteiger partial charge in [-0.05, 0) is 12.8 Å². The first-order valence-corrected chi connectivity index (χ1v) is 9.81. The van der Waals surface area contributed by atoms with Crippen molar-refractivity contribution in [1.29, 1.82) is 0 Å². The van der Waals surface area contributed by atoms with Crippen molar-refractivity contribution >= 4 is 17.8 Å². The van der Waals surface area contributed by atoms with E-state index in [-0.39, 0.29) is 18.4 Å². The maximum atomic E-state index is 12.6. The van der Waals surface area contributed by atoms with Crippen LogP contribution in [0.15, 0.2) is 0 Å². The summed E-state index contributed by atoms with van der Waals surface area (Å²) in [7, 11) is 0. The minimum atomic E-state index is -1.21. The predicted molar refractivity (Wildman–Crippen MR) is 102 cm³/mol. The molecule has 0 bridgehead atoms. The monoisotopic (exact) mass is 371 g/mol. The van der Waals surface area contributed by atoms with Gasteiger partial charge in [-0.15, -0.1) is 0 Å². The number of rotatable bonds is 14. The lowest BCUT2D eigenvalue weighted by molar-refractivity contribution is -0.154. The summed E-state index contributed by atoms with van der Waals surface area (Å²) in [5.41, 5.74) is 12.0. The van der Waals surface area contributed by atoms with E-state index in [1.165, 1.54) is 0 Å². The minimum Gasteiger partial charge on any atom is -0.480 e. The Labute approximate surface area is 157 Å². The van der Waals surface area contributed by atoms with Crippen LogP contribution in [-0.2, 0) is 14.4 Å². The fourth-order valence-electron chi connectivity index (χ4n) is 2.81. The topological polar surface area (TPSA) is 127 Å². The number of nitrogens with zero attached hydrogens (tertiary/aromatic N) is 1. The van der Waals surface area contributed by atoms with Gasteiger partial charge in [-0.3, -0.25) is 19.3 Å². The number of aliphatic carboxylic acids is 1. The van der Waals surface area contributed by atoms with Crippen LogP contribution in [0.1, 0.15) is 78.6 Å². The highest BCUT2D eigenvalue weighted by molar-refractivity contribution is 5.99. The summed E-state index contributed by atoms with van der Waals surface area (Å²) in [6, 6.07) is -0.926. The van der Waals surface area contributed by atoms with Gasteiger partial charge in [0.25, 0.3) is 0 Å². The molecule has 0 aromatic carbocycles. The summed E-state index contributed by atoms with van der Waals surface area (Å²) in [4.78, 5) is 37.0. The van der Waals surface area contributed by atoms with Crippen molar-refractivity contribution in [2.45, 2.75) is 90.6 Å². The fourth-order valence-corrected chi connectivity index (χ4v) is 2.81. The van der Waals surface area contributed by atoms with Gasteiger partial charge in [0.1, 0.15) is 6.54 Å². The summed E-state index contributed by atoms with van der Waals surface area (Å²) in [6.07, 6.45) is 7.23. The smallest absolute Gasteiger partial charge is 0.323 e. The molecule has 152 valence electrons. The van der Waals surface area contributed by atoms with E-state index in [0.717, 1.165) is 43.4 Å². The van der Waals surface area contributed by atoms with Crippen LogP contribution in [0.5, 0.6) is 0 Å². The van der Waals surface area contributed by atoms with Crippen LogP contribution >= 0.6 is 0 Å². The Morgan fingerprint density at radius 3 is 2.08 bits per heavy atom. The number of carboxylic acid groups (broad SMARTS) is 1. The van der Waals surface area contributed by atoms with Crippen LogP contribution in [0.25, 0.3) is 0 Å². The van der Waals surface area contributed by atoms with Crippen molar-refractivity contribution in [2.75, 3.05) is 6.54 Å². The molecule has 0 aliphatic rings. The Bertz CT molecular complexity index is 443. The van der Waals surface area contributed by atoms with Crippen molar-refractivity contribution in [3.63, 3.8) is 0 Å². The normalized spacial score (nSPS) is 14.5. The average Bonchev–Trinajstić information content (AvgIpc) is 2.59. The number of unbranched alkanes of at least 4 members (excludes halogenated alkanes) is 4. The molecule has 0 radical (unpaired) electrons. The number of carbonyl (C=O) groups excluding carboxylic acids is 2. The molecule has 0 saturated carbocycles. The third kappa shape index (κ3) is 9.87. The number of nitrogens with two attached hydrogens (primary N) is 2. The molecule has 3 atom stereocenters. The van der Waals surface area contributed by atoms with Gasteiger partial charge in [-0.1, -0.05) is 59.3 Å². The quantitative estimate of drug-likeness (QED) is 0.402. The molecule has 2 amide bonds. The summed E-state index contributed by atoms with van der Waals surface area (Å²) in [5, 5.41) is 9.07. The van der Waals surface area contributed by atoms with Gasteiger partial charge in [0, 0.05) is 24.4 Å². The molecule has 2 unspecified atom stereocenters. The highest BCUT2D eigenvalue weighted by Gasteiger charge is 2.29. The van der Waals surface area contributed by atoms with Gasteiger partial charge in [-0.2, -0.15) is 0 Å². The molecular formula is C19H37N3O4. The lowest BCUT2D eigenvalue weighted by atomic mass is 9.98. The predicted octanol–water partition coefficient (Wildman–Crippen LogP) is 2.27. The Kier molecular flexibility index (Phi) is 12.9. The van der Waals surface area contributed by atoms with Crippen LogP contribution in [-0.4, -0.2) is 46.4 Å². The van der Waals surface area contributed by atoms with Crippen molar-refractivity contribution in [3.8, 4) is 0 Å². The number of hydrogen-bond acceptors (Lipinski definition) is 5. The first-order valence-electron chi connectivity index (χ1n) is 9.81. The molecule has 7 nitrogen and oxygen atoms in total. The largest absolute Gasteiger partial charge is 0.480 e. The number of carbonyl (C=O) groups is 3. The summed E-state index contributed by atoms with van der Waals surface area (Å²) >= 11 is 0. The number of imide groups is 1. The van der Waals surface area contributed by atoms with E-state index >= 15 is 0 Å². The molecule has 0 aromatic heterocycles. The van der Waals surface area contributed by atoms with Crippen molar-refractivity contribution in [2.24, 2.45) is 17.4 Å². The van der Waals surface area contributed by atoms with Gasteiger partial charge in [-0.25, -0.2) is 0 Å². The van der Waals surface area contributed by atoms with Gasteiger partial charge in [0.15, 0.2) is 0 Å². The Morgan fingerprint density at radius 2 is 1.54 bits per heavy atom. The number of hydrogen-bond donors (Lipinski definition) is 3. The molecule has 0 aliphatic heterocycles. The molecule has 0 rings (SSSR count). The Hall–Kier alpha value is -1.47. The number of amides is 2. The van der Waals surface area contributed by atoms with E-state index in [4.69, 9.17) is 16.6 Å². The summed E-state index contributed by atoms with van der Waals surface area (Å²) in [6.45, 7) is 5.26. The number of carboxylic acids is 1. The molecule has 7 heteroatoms. The molecule has 0 heterocycles.